The van der Waals surface area contributed by atoms with E-state index < -0.39 is 0 Å². The largest absolute Gasteiger partial charge is 0.455 e. The molecule has 0 N–H and O–H groups in total. The summed E-state index contributed by atoms with van der Waals surface area (Å²) < 4.78 is 14.5. The van der Waals surface area contributed by atoms with Crippen molar-refractivity contribution >= 4 is 43.5 Å². The molecule has 0 spiro atoms. The second-order valence-electron chi connectivity index (χ2n) is 9.99. The summed E-state index contributed by atoms with van der Waals surface area (Å²) in [5.41, 5.74) is 8.69. The van der Waals surface area contributed by atoms with E-state index in [9.17, 15) is 0 Å². The van der Waals surface area contributed by atoms with E-state index in [2.05, 4.69) is 115 Å². The predicted molar refractivity (Wildman–Crippen MR) is 165 cm³/mol. The summed E-state index contributed by atoms with van der Waals surface area (Å²) in [5.74, 6) is 0. The van der Waals surface area contributed by atoms with Gasteiger partial charge in [-0.2, -0.15) is 0 Å². The standard InChI is InChI=1S/C38H24O/c1-3-12-25(13-4-1)28-20-11-21-34-29-23-22-27(24-35(29)39-38(28)34)37-32-18-9-7-16-30(32)36(26-14-5-2-6-15-26)31-17-8-10-19-33(31)37/h1-24H/i1D. The minimum Gasteiger partial charge on any atom is -0.455 e. The van der Waals surface area contributed by atoms with Crippen LogP contribution < -0.4 is 0 Å². The molecule has 0 fully saturated rings. The van der Waals surface area contributed by atoms with E-state index in [1.165, 1.54) is 38.2 Å². The smallest absolute Gasteiger partial charge is 0.143 e. The fraction of sp³-hybridized carbons (Fsp3) is 0. The quantitative estimate of drug-likeness (QED) is 0.221. The molecular weight excluding hydrogens is 472 g/mol. The zero-order chi connectivity index (χ0) is 26.6. The van der Waals surface area contributed by atoms with Gasteiger partial charge in [0.25, 0.3) is 0 Å². The van der Waals surface area contributed by atoms with E-state index in [-0.39, 0.29) is 0 Å². The Morgan fingerprint density at radius 2 is 0.974 bits per heavy atom. The maximum Gasteiger partial charge on any atom is 0.143 e. The van der Waals surface area contributed by atoms with Crippen molar-refractivity contribution in [2.24, 2.45) is 0 Å². The van der Waals surface area contributed by atoms with Crippen LogP contribution in [-0.2, 0) is 0 Å². The van der Waals surface area contributed by atoms with Crippen molar-refractivity contribution in [2.75, 3.05) is 0 Å². The van der Waals surface area contributed by atoms with Gasteiger partial charge in [-0.1, -0.05) is 133 Å². The van der Waals surface area contributed by atoms with Crippen molar-refractivity contribution in [1.29, 1.82) is 0 Å². The van der Waals surface area contributed by atoms with Crippen LogP contribution in [0.2, 0.25) is 0 Å². The second-order valence-corrected chi connectivity index (χ2v) is 9.99. The van der Waals surface area contributed by atoms with Crippen molar-refractivity contribution in [1.82, 2.24) is 0 Å². The molecule has 1 heteroatoms. The van der Waals surface area contributed by atoms with Crippen molar-refractivity contribution in [2.45, 2.75) is 0 Å². The van der Waals surface area contributed by atoms with Crippen molar-refractivity contribution in [3.05, 3.63) is 146 Å². The number of hydrogen-bond donors (Lipinski definition) is 0. The molecular formula is C38H24O. The molecule has 8 rings (SSSR count). The summed E-state index contributed by atoms with van der Waals surface area (Å²) in [6.45, 7) is 0. The Balaban J connectivity index is 1.41. The first-order valence-corrected chi connectivity index (χ1v) is 13.3. The van der Waals surface area contributed by atoms with Gasteiger partial charge in [0.1, 0.15) is 11.2 Å². The number of hydrogen-bond acceptors (Lipinski definition) is 1. The third-order valence-electron chi connectivity index (χ3n) is 7.81. The second kappa shape index (κ2) is 8.72. The van der Waals surface area contributed by atoms with Gasteiger partial charge in [-0.05, 0) is 61.5 Å². The lowest BCUT2D eigenvalue weighted by Gasteiger charge is -2.17. The highest BCUT2D eigenvalue weighted by atomic mass is 16.3. The average Bonchev–Trinajstić information content (AvgIpc) is 3.39. The molecule has 0 amide bonds. The van der Waals surface area contributed by atoms with Gasteiger partial charge in [0.15, 0.2) is 0 Å². The van der Waals surface area contributed by atoms with Crippen LogP contribution in [-0.4, -0.2) is 0 Å². The molecule has 1 nitrogen and oxygen atoms in total. The highest BCUT2D eigenvalue weighted by Crippen LogP contribution is 2.45. The van der Waals surface area contributed by atoms with Gasteiger partial charge in [0.2, 0.25) is 0 Å². The molecule has 0 bridgehead atoms. The Hall–Kier alpha value is -5.14. The lowest BCUT2D eigenvalue weighted by molar-refractivity contribution is 0.670. The number of para-hydroxylation sites is 1. The van der Waals surface area contributed by atoms with E-state index in [0.29, 0.717) is 6.04 Å². The SMILES string of the molecule is [2H]c1ccc(-c2cccc3c2oc2cc(-c4c5ccccc5c(-c5ccccc5)c5ccccc45)ccc23)cc1. The summed E-state index contributed by atoms with van der Waals surface area (Å²) >= 11 is 0. The first kappa shape index (κ1) is 20.9. The molecule has 0 saturated heterocycles. The minimum absolute atomic E-state index is 0.503. The van der Waals surface area contributed by atoms with Crippen LogP contribution in [0.4, 0.5) is 0 Å². The third kappa shape index (κ3) is 3.41. The summed E-state index contributed by atoms with van der Waals surface area (Å²) in [7, 11) is 0. The van der Waals surface area contributed by atoms with Gasteiger partial charge < -0.3 is 4.42 Å². The van der Waals surface area contributed by atoms with E-state index in [4.69, 9.17) is 5.79 Å². The molecule has 0 aliphatic heterocycles. The Kier molecular flexibility index (Phi) is 4.66. The van der Waals surface area contributed by atoms with E-state index in [1.54, 1.807) is 0 Å². The summed E-state index contributed by atoms with van der Waals surface area (Å²) in [6.07, 6.45) is 0. The lowest BCUT2D eigenvalue weighted by atomic mass is 9.86. The van der Waals surface area contributed by atoms with Crippen LogP contribution in [0.3, 0.4) is 0 Å². The Bertz CT molecular complexity index is 2150. The predicted octanol–water partition coefficient (Wildman–Crippen LogP) is 10.9. The molecule has 7 aromatic carbocycles. The van der Waals surface area contributed by atoms with Gasteiger partial charge in [-0.25, -0.2) is 0 Å². The maximum absolute atomic E-state index is 7.86. The lowest BCUT2D eigenvalue weighted by Crippen LogP contribution is -1.90. The van der Waals surface area contributed by atoms with Crippen LogP contribution >= 0.6 is 0 Å². The molecule has 1 heterocycles. The topological polar surface area (TPSA) is 13.1 Å². The molecule has 0 aliphatic carbocycles. The Morgan fingerprint density at radius 3 is 1.64 bits per heavy atom. The van der Waals surface area contributed by atoms with Crippen LogP contribution in [0.15, 0.2) is 150 Å². The summed E-state index contributed by atoms with van der Waals surface area (Å²) in [6, 6.07) is 49.2. The first-order valence-electron chi connectivity index (χ1n) is 13.8. The Morgan fingerprint density at radius 1 is 0.410 bits per heavy atom. The van der Waals surface area contributed by atoms with Gasteiger partial charge in [-0.15, -0.1) is 0 Å². The molecule has 182 valence electrons. The summed E-state index contributed by atoms with van der Waals surface area (Å²) in [4.78, 5) is 0. The highest BCUT2D eigenvalue weighted by Gasteiger charge is 2.18. The number of furan rings is 1. The Labute approximate surface area is 228 Å². The molecule has 1 aromatic heterocycles. The zero-order valence-corrected chi connectivity index (χ0v) is 21.2. The van der Waals surface area contributed by atoms with Crippen LogP contribution in [0.1, 0.15) is 1.37 Å². The molecule has 0 aliphatic rings. The van der Waals surface area contributed by atoms with Crippen LogP contribution in [0.25, 0.3) is 76.9 Å². The van der Waals surface area contributed by atoms with Gasteiger partial charge in [0, 0.05) is 16.3 Å². The molecule has 0 atom stereocenters. The van der Waals surface area contributed by atoms with Crippen LogP contribution in [0.5, 0.6) is 0 Å². The molecule has 0 unspecified atom stereocenters. The number of benzene rings is 7. The fourth-order valence-electron chi connectivity index (χ4n) is 6.10. The highest BCUT2D eigenvalue weighted by molar-refractivity contribution is 6.22. The van der Waals surface area contributed by atoms with E-state index in [1.807, 2.05) is 24.3 Å². The van der Waals surface area contributed by atoms with E-state index in [0.717, 1.165) is 38.6 Å². The first-order chi connectivity index (χ1) is 19.8. The van der Waals surface area contributed by atoms with Crippen molar-refractivity contribution in [3.8, 4) is 33.4 Å². The molecule has 0 radical (unpaired) electrons. The molecule has 39 heavy (non-hydrogen) atoms. The molecule has 8 aromatic rings. The van der Waals surface area contributed by atoms with Crippen molar-refractivity contribution < 1.29 is 5.79 Å². The number of fused-ring (bicyclic) bond motifs is 5. The van der Waals surface area contributed by atoms with Crippen LogP contribution in [0, 0.1) is 0 Å². The van der Waals surface area contributed by atoms with Crippen molar-refractivity contribution in [3.63, 3.8) is 0 Å². The van der Waals surface area contributed by atoms with E-state index >= 15 is 0 Å². The monoisotopic (exact) mass is 497 g/mol. The van der Waals surface area contributed by atoms with Gasteiger partial charge in [0.05, 0.1) is 1.37 Å². The van der Waals surface area contributed by atoms with Gasteiger partial charge >= 0.3 is 0 Å². The zero-order valence-electron chi connectivity index (χ0n) is 22.2. The third-order valence-corrected chi connectivity index (χ3v) is 7.81. The molecule has 0 saturated carbocycles. The summed E-state index contributed by atoms with van der Waals surface area (Å²) in [5, 5.41) is 7.15. The minimum atomic E-state index is 0.503. The average molecular weight is 498 g/mol. The van der Waals surface area contributed by atoms with Gasteiger partial charge in [-0.3, -0.25) is 0 Å². The normalized spacial score (nSPS) is 11.9. The fourth-order valence-corrected chi connectivity index (χ4v) is 6.10. The number of rotatable bonds is 3. The maximum atomic E-state index is 7.86.